The summed E-state index contributed by atoms with van der Waals surface area (Å²) in [4.78, 5) is 16.6. The number of carbonyl (C=O) groups excluding carboxylic acids is 1. The van der Waals surface area contributed by atoms with E-state index in [2.05, 4.69) is 10.3 Å². The molecule has 16 heavy (non-hydrogen) atoms. The zero-order valence-electron chi connectivity index (χ0n) is 9.91. The van der Waals surface area contributed by atoms with Gasteiger partial charge < -0.3 is 10.4 Å². The first-order valence-corrected chi connectivity index (χ1v) is 6.26. The molecule has 1 amide bonds. The van der Waals surface area contributed by atoms with E-state index >= 15 is 0 Å². The van der Waals surface area contributed by atoms with Crippen molar-refractivity contribution in [1.82, 2.24) is 10.3 Å². The lowest BCUT2D eigenvalue weighted by Gasteiger charge is -2.08. The average molecular weight is 242 g/mol. The lowest BCUT2D eigenvalue weighted by Crippen LogP contribution is -2.26. The van der Waals surface area contributed by atoms with Gasteiger partial charge in [-0.2, -0.15) is 0 Å². The van der Waals surface area contributed by atoms with E-state index < -0.39 is 0 Å². The molecule has 1 atom stereocenters. The molecule has 1 rings (SSSR count). The second kappa shape index (κ2) is 5.96. The van der Waals surface area contributed by atoms with Gasteiger partial charge in [-0.15, -0.1) is 11.3 Å². The van der Waals surface area contributed by atoms with Crippen molar-refractivity contribution in [2.24, 2.45) is 0 Å². The van der Waals surface area contributed by atoms with Crippen molar-refractivity contribution >= 4 is 17.2 Å². The topological polar surface area (TPSA) is 62.2 Å². The molecule has 0 aromatic carbocycles. The highest BCUT2D eigenvalue weighted by Crippen LogP contribution is 2.16. The summed E-state index contributed by atoms with van der Waals surface area (Å²) in [6.07, 6.45) is 0.984. The van der Waals surface area contributed by atoms with Crippen molar-refractivity contribution in [2.45, 2.75) is 39.7 Å². The van der Waals surface area contributed by atoms with E-state index in [1.807, 2.05) is 20.8 Å². The molecule has 0 aliphatic heterocycles. The molecule has 0 radical (unpaired) electrons. The third kappa shape index (κ3) is 3.57. The fourth-order valence-corrected chi connectivity index (χ4v) is 2.21. The monoisotopic (exact) mass is 242 g/mol. The molecule has 0 aliphatic rings. The Kier molecular flexibility index (Phi) is 4.89. The third-order valence-corrected chi connectivity index (χ3v) is 3.42. The second-order valence-electron chi connectivity index (χ2n) is 3.75. The average Bonchev–Trinajstić information content (AvgIpc) is 2.57. The van der Waals surface area contributed by atoms with Crippen molar-refractivity contribution in [3.63, 3.8) is 0 Å². The van der Waals surface area contributed by atoms with E-state index in [9.17, 15) is 9.90 Å². The zero-order chi connectivity index (χ0) is 12.1. The Bertz CT molecular complexity index is 363. The second-order valence-corrected chi connectivity index (χ2v) is 4.96. The van der Waals surface area contributed by atoms with Gasteiger partial charge in [0.25, 0.3) is 5.91 Å². The minimum Gasteiger partial charge on any atom is -0.393 e. The standard InChI is InChI=1S/C11H18N2O2S/c1-4-9(14)5-6-12-11(15)10-7(2)13-8(3)16-10/h9,14H,4-6H2,1-3H3,(H,12,15). The Morgan fingerprint density at radius 2 is 2.25 bits per heavy atom. The van der Waals surface area contributed by atoms with Gasteiger partial charge in [-0.3, -0.25) is 4.79 Å². The molecule has 0 aliphatic carbocycles. The molecule has 2 N–H and O–H groups in total. The van der Waals surface area contributed by atoms with Gasteiger partial charge in [0.2, 0.25) is 0 Å². The van der Waals surface area contributed by atoms with Gasteiger partial charge in [-0.05, 0) is 26.7 Å². The summed E-state index contributed by atoms with van der Waals surface area (Å²) >= 11 is 1.40. The first kappa shape index (κ1) is 13.1. The predicted molar refractivity (Wildman–Crippen MR) is 64.8 cm³/mol. The summed E-state index contributed by atoms with van der Waals surface area (Å²) in [5.74, 6) is -0.0913. The summed E-state index contributed by atoms with van der Waals surface area (Å²) in [6.45, 7) is 6.14. The first-order valence-electron chi connectivity index (χ1n) is 5.44. The lowest BCUT2D eigenvalue weighted by atomic mass is 10.2. The van der Waals surface area contributed by atoms with Crippen LogP contribution >= 0.6 is 11.3 Å². The van der Waals surface area contributed by atoms with Crippen molar-refractivity contribution in [2.75, 3.05) is 6.54 Å². The number of aromatic nitrogens is 1. The third-order valence-electron chi connectivity index (χ3n) is 2.34. The van der Waals surface area contributed by atoms with Gasteiger partial charge in [0.05, 0.1) is 16.8 Å². The summed E-state index contributed by atoms with van der Waals surface area (Å²) < 4.78 is 0. The molecule has 90 valence electrons. The van der Waals surface area contributed by atoms with Crippen LogP contribution in [0.2, 0.25) is 0 Å². The van der Waals surface area contributed by atoms with Crippen molar-refractivity contribution in [1.29, 1.82) is 0 Å². The number of nitrogens with zero attached hydrogens (tertiary/aromatic N) is 1. The molecule has 0 saturated heterocycles. The van der Waals surface area contributed by atoms with Gasteiger partial charge >= 0.3 is 0 Å². The number of amides is 1. The lowest BCUT2D eigenvalue weighted by molar-refractivity contribution is 0.0945. The molecule has 5 heteroatoms. The van der Waals surface area contributed by atoms with E-state index in [1.165, 1.54) is 11.3 Å². The quantitative estimate of drug-likeness (QED) is 0.825. The van der Waals surface area contributed by atoms with E-state index in [-0.39, 0.29) is 12.0 Å². The molecular formula is C11H18N2O2S. The minimum absolute atomic E-state index is 0.0913. The van der Waals surface area contributed by atoms with Crippen LogP contribution in [0, 0.1) is 13.8 Å². The number of aliphatic hydroxyl groups excluding tert-OH is 1. The Labute approximate surface area is 99.7 Å². The largest absolute Gasteiger partial charge is 0.393 e. The molecule has 0 spiro atoms. The number of rotatable bonds is 5. The van der Waals surface area contributed by atoms with Gasteiger partial charge in [0.15, 0.2) is 0 Å². The number of hydrogen-bond acceptors (Lipinski definition) is 4. The number of carbonyl (C=O) groups is 1. The van der Waals surface area contributed by atoms with Gasteiger partial charge in [0, 0.05) is 6.54 Å². The predicted octanol–water partition coefficient (Wildman–Crippen LogP) is 1.65. The maximum absolute atomic E-state index is 11.7. The van der Waals surface area contributed by atoms with E-state index in [1.54, 1.807) is 0 Å². The zero-order valence-corrected chi connectivity index (χ0v) is 10.7. The van der Waals surface area contributed by atoms with Crippen molar-refractivity contribution in [3.05, 3.63) is 15.6 Å². The van der Waals surface area contributed by atoms with Crippen LogP contribution < -0.4 is 5.32 Å². The fourth-order valence-electron chi connectivity index (χ4n) is 1.38. The smallest absolute Gasteiger partial charge is 0.263 e. The van der Waals surface area contributed by atoms with Gasteiger partial charge in [-0.1, -0.05) is 6.92 Å². The van der Waals surface area contributed by atoms with Crippen LogP contribution in [0.5, 0.6) is 0 Å². The summed E-state index contributed by atoms with van der Waals surface area (Å²) in [5, 5.41) is 13.0. The highest BCUT2D eigenvalue weighted by molar-refractivity contribution is 7.13. The summed E-state index contributed by atoms with van der Waals surface area (Å²) in [5.41, 5.74) is 0.774. The molecule has 0 saturated carbocycles. The highest BCUT2D eigenvalue weighted by atomic mass is 32.1. The van der Waals surface area contributed by atoms with Crippen LogP contribution in [0.3, 0.4) is 0 Å². The number of thiazole rings is 1. The van der Waals surface area contributed by atoms with Crippen LogP contribution in [0.25, 0.3) is 0 Å². The number of aliphatic hydroxyl groups is 1. The highest BCUT2D eigenvalue weighted by Gasteiger charge is 2.13. The van der Waals surface area contributed by atoms with Crippen LogP contribution in [0.15, 0.2) is 0 Å². The molecule has 1 aromatic rings. The number of hydrogen-bond donors (Lipinski definition) is 2. The van der Waals surface area contributed by atoms with Crippen molar-refractivity contribution in [3.8, 4) is 0 Å². The van der Waals surface area contributed by atoms with Crippen molar-refractivity contribution < 1.29 is 9.90 Å². The van der Waals surface area contributed by atoms with Gasteiger partial charge in [-0.25, -0.2) is 4.98 Å². The molecular weight excluding hydrogens is 224 g/mol. The SMILES string of the molecule is CCC(O)CCNC(=O)c1sc(C)nc1C. The fraction of sp³-hybridized carbons (Fsp3) is 0.636. The Morgan fingerprint density at radius 3 is 2.75 bits per heavy atom. The summed E-state index contributed by atoms with van der Waals surface area (Å²) in [7, 11) is 0. The molecule has 1 unspecified atom stereocenters. The normalized spacial score (nSPS) is 12.5. The molecule has 0 fully saturated rings. The Hall–Kier alpha value is -0.940. The van der Waals surface area contributed by atoms with Gasteiger partial charge in [0.1, 0.15) is 4.88 Å². The molecule has 1 heterocycles. The summed E-state index contributed by atoms with van der Waals surface area (Å²) in [6, 6.07) is 0. The van der Waals surface area contributed by atoms with Crippen LogP contribution in [0.1, 0.15) is 40.1 Å². The van der Waals surface area contributed by atoms with Crippen LogP contribution in [0.4, 0.5) is 0 Å². The van der Waals surface area contributed by atoms with Crippen LogP contribution in [-0.4, -0.2) is 28.6 Å². The molecule has 1 aromatic heterocycles. The van der Waals surface area contributed by atoms with E-state index in [4.69, 9.17) is 0 Å². The minimum atomic E-state index is -0.329. The Morgan fingerprint density at radius 1 is 1.56 bits per heavy atom. The Balaban J connectivity index is 2.44. The molecule has 4 nitrogen and oxygen atoms in total. The number of nitrogens with one attached hydrogen (secondary N) is 1. The van der Waals surface area contributed by atoms with E-state index in [0.717, 1.165) is 10.7 Å². The maximum Gasteiger partial charge on any atom is 0.263 e. The maximum atomic E-state index is 11.7. The van der Waals surface area contributed by atoms with Crippen LogP contribution in [-0.2, 0) is 0 Å². The van der Waals surface area contributed by atoms with E-state index in [0.29, 0.717) is 24.3 Å². The molecule has 0 bridgehead atoms. The first-order chi connectivity index (χ1) is 7.54. The number of aryl methyl sites for hydroxylation is 2.